The molecular weight excluding hydrogens is 404 g/mol. The molecule has 0 bridgehead atoms. The van der Waals surface area contributed by atoms with E-state index in [2.05, 4.69) is 11.9 Å². The van der Waals surface area contributed by atoms with Gasteiger partial charge >= 0.3 is 0 Å². The van der Waals surface area contributed by atoms with Crippen LogP contribution >= 0.6 is 0 Å². The molecule has 3 rings (SSSR count). The van der Waals surface area contributed by atoms with E-state index in [9.17, 15) is 9.59 Å². The number of nitrogens with one attached hydrogen (secondary N) is 1. The van der Waals surface area contributed by atoms with Gasteiger partial charge in [-0.05, 0) is 42.2 Å². The van der Waals surface area contributed by atoms with Gasteiger partial charge in [-0.2, -0.15) is 0 Å². The van der Waals surface area contributed by atoms with Crippen molar-refractivity contribution in [3.63, 3.8) is 0 Å². The van der Waals surface area contributed by atoms with Gasteiger partial charge in [-0.1, -0.05) is 49.1 Å². The highest BCUT2D eigenvalue weighted by Gasteiger charge is 2.27. The highest BCUT2D eigenvalue weighted by molar-refractivity contribution is 5.95. The van der Waals surface area contributed by atoms with Crippen LogP contribution in [0.3, 0.4) is 0 Å². The lowest BCUT2D eigenvalue weighted by atomic mass is 10.0. The number of carbonyl (C=O) groups excluding carboxylic acids is 2. The van der Waals surface area contributed by atoms with E-state index in [0.717, 1.165) is 37.1 Å². The molecule has 6 nitrogen and oxygen atoms in total. The van der Waals surface area contributed by atoms with Gasteiger partial charge < -0.3 is 19.7 Å². The second-order valence-corrected chi connectivity index (χ2v) is 7.63. The number of likely N-dealkylation sites (tertiary alicyclic amines) is 1. The van der Waals surface area contributed by atoms with Crippen molar-refractivity contribution >= 4 is 17.9 Å². The average Bonchev–Trinajstić information content (AvgIpc) is 3.36. The molecule has 1 unspecified atom stereocenters. The Kier molecular flexibility index (Phi) is 8.49. The summed E-state index contributed by atoms with van der Waals surface area (Å²) in [4.78, 5) is 27.5. The zero-order valence-corrected chi connectivity index (χ0v) is 18.5. The molecule has 2 aromatic rings. The minimum atomic E-state index is -0.600. The average molecular weight is 435 g/mol. The Balaban J connectivity index is 1.69. The van der Waals surface area contributed by atoms with Crippen molar-refractivity contribution in [2.24, 2.45) is 0 Å². The fourth-order valence-corrected chi connectivity index (χ4v) is 3.66. The molecular formula is C26H30N2O4. The summed E-state index contributed by atoms with van der Waals surface area (Å²) in [7, 11) is 1.56. The van der Waals surface area contributed by atoms with Crippen LogP contribution in [0.1, 0.15) is 24.0 Å². The van der Waals surface area contributed by atoms with Gasteiger partial charge in [0.25, 0.3) is 0 Å². The molecule has 1 aliphatic rings. The number of amides is 2. The zero-order valence-electron chi connectivity index (χ0n) is 18.5. The Labute approximate surface area is 189 Å². The van der Waals surface area contributed by atoms with E-state index in [1.807, 2.05) is 41.3 Å². The lowest BCUT2D eigenvalue weighted by molar-refractivity contribution is -0.134. The molecule has 2 aromatic carbocycles. The Morgan fingerprint density at radius 1 is 1.12 bits per heavy atom. The van der Waals surface area contributed by atoms with Crippen LogP contribution in [0.2, 0.25) is 0 Å². The molecule has 1 aliphatic heterocycles. The first-order chi connectivity index (χ1) is 15.6. The molecule has 0 saturated carbocycles. The van der Waals surface area contributed by atoms with Crippen molar-refractivity contribution in [1.82, 2.24) is 10.2 Å². The van der Waals surface area contributed by atoms with Crippen molar-refractivity contribution in [2.75, 3.05) is 26.8 Å². The predicted molar refractivity (Wildman–Crippen MR) is 126 cm³/mol. The van der Waals surface area contributed by atoms with Gasteiger partial charge in [0.1, 0.15) is 12.6 Å². The fraction of sp³-hybridized carbons (Fsp3) is 0.308. The summed E-state index contributed by atoms with van der Waals surface area (Å²) in [5.74, 6) is 0.830. The van der Waals surface area contributed by atoms with Crippen molar-refractivity contribution in [2.45, 2.75) is 25.3 Å². The number of benzene rings is 2. The molecule has 0 aliphatic carbocycles. The predicted octanol–water partition coefficient (Wildman–Crippen LogP) is 3.62. The Hall–Kier alpha value is -3.54. The van der Waals surface area contributed by atoms with Crippen LogP contribution < -0.4 is 14.8 Å². The van der Waals surface area contributed by atoms with E-state index in [0.29, 0.717) is 24.5 Å². The first kappa shape index (κ1) is 23.1. The molecule has 6 heteroatoms. The highest BCUT2D eigenvalue weighted by Crippen LogP contribution is 2.28. The van der Waals surface area contributed by atoms with Crippen LogP contribution in [-0.4, -0.2) is 49.6 Å². The fourth-order valence-electron chi connectivity index (χ4n) is 3.66. The minimum Gasteiger partial charge on any atom is -0.493 e. The number of ether oxygens (including phenoxy) is 2. The van der Waals surface area contributed by atoms with Crippen molar-refractivity contribution in [1.29, 1.82) is 0 Å². The Morgan fingerprint density at radius 2 is 1.88 bits per heavy atom. The number of methoxy groups -OCH3 is 1. The third-order valence-corrected chi connectivity index (χ3v) is 5.29. The normalized spacial score (nSPS) is 14.2. The summed E-state index contributed by atoms with van der Waals surface area (Å²) in [5.41, 5.74) is 1.79. The van der Waals surface area contributed by atoms with E-state index < -0.39 is 6.04 Å². The number of carbonyl (C=O) groups is 2. The quantitative estimate of drug-likeness (QED) is 0.458. The molecule has 168 valence electrons. The van der Waals surface area contributed by atoms with Crippen LogP contribution in [0.5, 0.6) is 11.5 Å². The summed E-state index contributed by atoms with van der Waals surface area (Å²) >= 11 is 0. The molecule has 32 heavy (non-hydrogen) atoms. The lowest BCUT2D eigenvalue weighted by Gasteiger charge is -2.23. The molecule has 1 fully saturated rings. The van der Waals surface area contributed by atoms with Crippen LogP contribution in [-0.2, 0) is 16.0 Å². The van der Waals surface area contributed by atoms with Crippen molar-refractivity contribution in [3.8, 4) is 11.5 Å². The largest absolute Gasteiger partial charge is 0.493 e. The summed E-state index contributed by atoms with van der Waals surface area (Å²) < 4.78 is 10.9. The SMILES string of the molecule is C=CCOc1ccc(/C=C/C(=O)NC(Cc2ccccc2)C(=O)N2CCCC2)cc1OC. The second-order valence-electron chi connectivity index (χ2n) is 7.63. The van der Waals surface area contributed by atoms with E-state index in [1.54, 1.807) is 31.4 Å². The summed E-state index contributed by atoms with van der Waals surface area (Å²) in [5, 5.41) is 2.90. The molecule has 0 spiro atoms. The molecule has 0 aromatic heterocycles. The standard InChI is InChI=1S/C26H30N2O4/c1-3-17-32-23-13-11-21(19-24(23)31-2)12-14-25(29)27-22(18-20-9-5-4-6-10-20)26(30)28-15-7-8-16-28/h3-6,9-14,19,22H,1,7-8,15-18H2,2H3,(H,27,29)/b14-12+. The maximum Gasteiger partial charge on any atom is 0.245 e. The molecule has 1 heterocycles. The van der Waals surface area contributed by atoms with Crippen LogP contribution in [0.4, 0.5) is 0 Å². The van der Waals surface area contributed by atoms with Crippen LogP contribution in [0, 0.1) is 0 Å². The van der Waals surface area contributed by atoms with E-state index in [4.69, 9.17) is 9.47 Å². The zero-order chi connectivity index (χ0) is 22.8. The van der Waals surface area contributed by atoms with E-state index >= 15 is 0 Å². The maximum atomic E-state index is 13.0. The molecule has 1 N–H and O–H groups in total. The topological polar surface area (TPSA) is 67.9 Å². The first-order valence-corrected chi connectivity index (χ1v) is 10.8. The molecule has 0 radical (unpaired) electrons. The smallest absolute Gasteiger partial charge is 0.245 e. The molecule has 1 atom stereocenters. The second kappa shape index (κ2) is 11.7. The van der Waals surface area contributed by atoms with Gasteiger partial charge in [-0.3, -0.25) is 9.59 Å². The Morgan fingerprint density at radius 3 is 2.56 bits per heavy atom. The van der Waals surface area contributed by atoms with Gasteiger partial charge in [0.05, 0.1) is 7.11 Å². The maximum absolute atomic E-state index is 13.0. The third-order valence-electron chi connectivity index (χ3n) is 5.29. The number of nitrogens with zero attached hydrogens (tertiary/aromatic N) is 1. The van der Waals surface area contributed by atoms with Gasteiger partial charge in [-0.25, -0.2) is 0 Å². The minimum absolute atomic E-state index is 0.0292. The van der Waals surface area contributed by atoms with Crippen molar-refractivity contribution < 1.29 is 19.1 Å². The number of rotatable bonds is 10. The molecule has 2 amide bonds. The third kappa shape index (κ3) is 6.48. The van der Waals surface area contributed by atoms with Gasteiger partial charge in [0.2, 0.25) is 11.8 Å². The van der Waals surface area contributed by atoms with Crippen molar-refractivity contribution in [3.05, 3.63) is 78.4 Å². The summed E-state index contributed by atoms with van der Waals surface area (Å²) in [6.07, 6.45) is 7.26. The monoisotopic (exact) mass is 434 g/mol. The number of hydrogen-bond acceptors (Lipinski definition) is 4. The Bertz CT molecular complexity index is 950. The first-order valence-electron chi connectivity index (χ1n) is 10.8. The van der Waals surface area contributed by atoms with E-state index in [-0.39, 0.29) is 11.8 Å². The van der Waals surface area contributed by atoms with Gasteiger partial charge in [0, 0.05) is 25.6 Å². The van der Waals surface area contributed by atoms with Gasteiger partial charge in [0.15, 0.2) is 11.5 Å². The number of hydrogen-bond donors (Lipinski definition) is 1. The van der Waals surface area contributed by atoms with Crippen LogP contribution in [0.15, 0.2) is 67.3 Å². The summed E-state index contributed by atoms with van der Waals surface area (Å²) in [6.45, 7) is 5.51. The lowest BCUT2D eigenvalue weighted by Crippen LogP contribution is -2.48. The highest BCUT2D eigenvalue weighted by atomic mass is 16.5. The van der Waals surface area contributed by atoms with E-state index in [1.165, 1.54) is 6.08 Å². The summed E-state index contributed by atoms with van der Waals surface area (Å²) in [6, 6.07) is 14.5. The van der Waals surface area contributed by atoms with Crippen LogP contribution in [0.25, 0.3) is 6.08 Å². The van der Waals surface area contributed by atoms with Gasteiger partial charge in [-0.15, -0.1) is 0 Å². The molecule has 1 saturated heterocycles.